The van der Waals surface area contributed by atoms with E-state index in [-0.39, 0.29) is 0 Å². The topological polar surface area (TPSA) is 92.0 Å². The van der Waals surface area contributed by atoms with Gasteiger partial charge < -0.3 is 20.8 Å². The molecule has 0 atom stereocenters. The Morgan fingerprint density at radius 3 is 2.21 bits per heavy atom. The first-order valence-corrected chi connectivity index (χ1v) is 9.23. The Labute approximate surface area is 169 Å². The van der Waals surface area contributed by atoms with Crippen molar-refractivity contribution in [3.05, 3.63) is 91.0 Å². The van der Waals surface area contributed by atoms with Crippen molar-refractivity contribution < 1.29 is 4.74 Å². The highest BCUT2D eigenvalue weighted by atomic mass is 16.5. The lowest BCUT2D eigenvalue weighted by atomic mass is 10.1. The van der Waals surface area contributed by atoms with Crippen molar-refractivity contribution >= 4 is 6.20 Å². The molecule has 0 spiro atoms. The molecule has 6 nitrogen and oxygen atoms in total. The molecule has 2 aromatic carbocycles. The zero-order chi connectivity index (χ0) is 20.1. The third kappa shape index (κ3) is 3.88. The minimum atomic E-state index is 0.319. The molecule has 0 saturated heterocycles. The smallest absolute Gasteiger partial charge is 0.145 e. The number of rotatable bonds is 6. The summed E-state index contributed by atoms with van der Waals surface area (Å²) in [4.78, 5) is 8.94. The summed E-state index contributed by atoms with van der Waals surface area (Å²) in [5.41, 5.74) is 15.3. The number of para-hydroxylation sites is 1. The Balaban J connectivity index is 1.72. The number of hydrogen-bond donors (Lipinski definition) is 2. The highest BCUT2D eigenvalue weighted by molar-refractivity contribution is 5.70. The number of nitrogens with zero attached hydrogens (tertiary/aromatic N) is 3. The van der Waals surface area contributed by atoms with Gasteiger partial charge in [0.2, 0.25) is 0 Å². The van der Waals surface area contributed by atoms with Crippen molar-refractivity contribution in [1.29, 1.82) is 0 Å². The first-order chi connectivity index (χ1) is 14.3. The summed E-state index contributed by atoms with van der Waals surface area (Å²) >= 11 is 0. The molecule has 6 heteroatoms. The van der Waals surface area contributed by atoms with E-state index in [0.717, 1.165) is 39.8 Å². The Bertz CT molecular complexity index is 1100. The van der Waals surface area contributed by atoms with Gasteiger partial charge in [-0.05, 0) is 48.5 Å². The molecule has 29 heavy (non-hydrogen) atoms. The van der Waals surface area contributed by atoms with Gasteiger partial charge in [-0.2, -0.15) is 0 Å². The van der Waals surface area contributed by atoms with Gasteiger partial charge in [-0.1, -0.05) is 18.2 Å². The van der Waals surface area contributed by atoms with Gasteiger partial charge in [0, 0.05) is 42.5 Å². The van der Waals surface area contributed by atoms with E-state index >= 15 is 0 Å². The normalized spacial score (nSPS) is 11.1. The molecule has 4 N–H and O–H groups in total. The largest absolute Gasteiger partial charge is 0.457 e. The van der Waals surface area contributed by atoms with Crippen molar-refractivity contribution in [2.45, 2.75) is 6.54 Å². The van der Waals surface area contributed by atoms with Gasteiger partial charge in [-0.3, -0.25) is 4.98 Å². The highest BCUT2D eigenvalue weighted by Gasteiger charge is 2.17. The van der Waals surface area contributed by atoms with Crippen molar-refractivity contribution in [1.82, 2.24) is 14.5 Å². The van der Waals surface area contributed by atoms with Crippen LogP contribution in [0, 0.1) is 0 Å². The van der Waals surface area contributed by atoms with Crippen LogP contribution in [0.2, 0.25) is 0 Å². The predicted molar refractivity (Wildman–Crippen MR) is 115 cm³/mol. The van der Waals surface area contributed by atoms with Crippen LogP contribution in [0.25, 0.3) is 28.8 Å². The van der Waals surface area contributed by atoms with E-state index in [1.807, 2.05) is 71.3 Å². The summed E-state index contributed by atoms with van der Waals surface area (Å²) in [6, 6.07) is 21.3. The molecule has 4 rings (SSSR count). The Morgan fingerprint density at radius 1 is 0.862 bits per heavy atom. The Hall–Kier alpha value is -3.90. The molecular formula is C23H21N5O. The van der Waals surface area contributed by atoms with Crippen LogP contribution in [0.1, 0.15) is 5.69 Å². The van der Waals surface area contributed by atoms with E-state index in [2.05, 4.69) is 4.98 Å². The van der Waals surface area contributed by atoms with E-state index in [9.17, 15) is 0 Å². The fraction of sp³-hybridized carbons (Fsp3) is 0.0435. The number of hydrogen-bond acceptors (Lipinski definition) is 5. The third-order valence-electron chi connectivity index (χ3n) is 4.48. The Kier molecular flexibility index (Phi) is 5.36. The van der Waals surface area contributed by atoms with Crippen LogP contribution in [0.5, 0.6) is 11.5 Å². The van der Waals surface area contributed by atoms with Gasteiger partial charge in [-0.15, -0.1) is 0 Å². The van der Waals surface area contributed by atoms with E-state index < -0.39 is 0 Å². The van der Waals surface area contributed by atoms with Gasteiger partial charge in [0.25, 0.3) is 0 Å². The minimum absolute atomic E-state index is 0.319. The first kappa shape index (κ1) is 18.5. The lowest BCUT2D eigenvalue weighted by Gasteiger charge is -2.08. The third-order valence-corrected chi connectivity index (χ3v) is 4.48. The van der Waals surface area contributed by atoms with Crippen LogP contribution >= 0.6 is 0 Å². The second kappa shape index (κ2) is 8.41. The zero-order valence-corrected chi connectivity index (χ0v) is 15.8. The summed E-state index contributed by atoms with van der Waals surface area (Å²) in [5.74, 6) is 2.30. The molecule has 0 fully saturated rings. The van der Waals surface area contributed by atoms with Gasteiger partial charge >= 0.3 is 0 Å². The maximum absolute atomic E-state index is 6.07. The number of aromatic nitrogens is 3. The van der Waals surface area contributed by atoms with Crippen molar-refractivity contribution in [2.75, 3.05) is 0 Å². The van der Waals surface area contributed by atoms with E-state index in [0.29, 0.717) is 6.54 Å². The second-order valence-electron chi connectivity index (χ2n) is 6.32. The standard InChI is InChI=1S/C23H21N5O/c24-12-15-28-21(16-25)22(27-23(28)18-10-13-26-14-11-18)17-6-8-20(9-7-17)29-19-4-2-1-3-5-19/h1-15H,16,24-25H2/b15-12-. The second-order valence-corrected chi connectivity index (χ2v) is 6.32. The predicted octanol–water partition coefficient (Wildman–Crippen LogP) is 4.25. The number of imidazole rings is 1. The Morgan fingerprint density at radius 2 is 1.55 bits per heavy atom. The first-order valence-electron chi connectivity index (χ1n) is 9.23. The molecule has 0 aliphatic rings. The summed E-state index contributed by atoms with van der Waals surface area (Å²) in [6.45, 7) is 0.319. The number of pyridine rings is 1. The fourth-order valence-electron chi connectivity index (χ4n) is 3.15. The van der Waals surface area contributed by atoms with Crippen LogP contribution in [-0.4, -0.2) is 14.5 Å². The highest BCUT2D eigenvalue weighted by Crippen LogP contribution is 2.31. The molecule has 0 aliphatic carbocycles. The molecule has 144 valence electrons. The SMILES string of the molecule is N/C=C\n1c(-c2ccncc2)nc(-c2ccc(Oc3ccccc3)cc2)c1CN. The molecule has 4 aromatic rings. The average Bonchev–Trinajstić information content (AvgIpc) is 3.14. The van der Waals surface area contributed by atoms with Gasteiger partial charge in [-0.25, -0.2) is 4.98 Å². The van der Waals surface area contributed by atoms with E-state index in [1.165, 1.54) is 6.20 Å². The van der Waals surface area contributed by atoms with Crippen LogP contribution in [0.4, 0.5) is 0 Å². The van der Waals surface area contributed by atoms with Gasteiger partial charge in [0.05, 0.1) is 11.4 Å². The summed E-state index contributed by atoms with van der Waals surface area (Å²) in [6.07, 6.45) is 6.71. The van der Waals surface area contributed by atoms with Gasteiger partial charge in [0.15, 0.2) is 0 Å². The minimum Gasteiger partial charge on any atom is -0.457 e. The van der Waals surface area contributed by atoms with E-state index in [4.69, 9.17) is 21.2 Å². The molecule has 0 saturated carbocycles. The summed E-state index contributed by atoms with van der Waals surface area (Å²) < 4.78 is 7.79. The van der Waals surface area contributed by atoms with Crippen molar-refractivity contribution in [2.24, 2.45) is 11.5 Å². The van der Waals surface area contributed by atoms with Crippen LogP contribution in [-0.2, 0) is 6.54 Å². The number of nitrogens with two attached hydrogens (primary N) is 2. The lowest BCUT2D eigenvalue weighted by molar-refractivity contribution is 0.483. The zero-order valence-electron chi connectivity index (χ0n) is 15.8. The maximum atomic E-state index is 6.07. The lowest BCUT2D eigenvalue weighted by Crippen LogP contribution is -2.05. The molecule has 0 aliphatic heterocycles. The number of benzene rings is 2. The monoisotopic (exact) mass is 383 g/mol. The van der Waals surface area contributed by atoms with Crippen LogP contribution in [0.3, 0.4) is 0 Å². The molecular weight excluding hydrogens is 362 g/mol. The fourth-order valence-corrected chi connectivity index (χ4v) is 3.15. The molecule has 0 bridgehead atoms. The molecule has 0 radical (unpaired) electrons. The number of ether oxygens (including phenoxy) is 1. The maximum Gasteiger partial charge on any atom is 0.145 e. The van der Waals surface area contributed by atoms with Gasteiger partial charge in [0.1, 0.15) is 17.3 Å². The molecule has 0 amide bonds. The quantitative estimate of drug-likeness (QED) is 0.519. The van der Waals surface area contributed by atoms with Crippen LogP contribution in [0.15, 0.2) is 85.3 Å². The molecule has 2 heterocycles. The molecule has 2 aromatic heterocycles. The summed E-state index contributed by atoms with van der Waals surface area (Å²) in [5, 5.41) is 0. The average molecular weight is 383 g/mol. The molecule has 0 unspecified atom stereocenters. The van der Waals surface area contributed by atoms with E-state index in [1.54, 1.807) is 18.6 Å². The van der Waals surface area contributed by atoms with Crippen molar-refractivity contribution in [3.8, 4) is 34.1 Å². The van der Waals surface area contributed by atoms with Crippen LogP contribution < -0.4 is 16.2 Å². The van der Waals surface area contributed by atoms with Crippen molar-refractivity contribution in [3.63, 3.8) is 0 Å². The summed E-state index contributed by atoms with van der Waals surface area (Å²) in [7, 11) is 0.